The lowest BCUT2D eigenvalue weighted by Crippen LogP contribution is -2.37. The van der Waals surface area contributed by atoms with Crippen LogP contribution in [0.1, 0.15) is 12.5 Å². The lowest BCUT2D eigenvalue weighted by Gasteiger charge is -2.23. The van der Waals surface area contributed by atoms with Gasteiger partial charge in [0.05, 0.1) is 11.5 Å². The summed E-state index contributed by atoms with van der Waals surface area (Å²) < 4.78 is 31.0. The maximum Gasteiger partial charge on any atom is 0.328 e. The molecule has 0 heterocycles. The van der Waals surface area contributed by atoms with Gasteiger partial charge in [-0.05, 0) is 30.7 Å². The summed E-state index contributed by atoms with van der Waals surface area (Å²) >= 11 is 0. The van der Waals surface area contributed by atoms with Crippen LogP contribution < -0.4 is 0 Å². The molecule has 0 aliphatic heterocycles. The highest BCUT2D eigenvalue weighted by Crippen LogP contribution is 2.18. The molecule has 21 heavy (non-hydrogen) atoms. The summed E-state index contributed by atoms with van der Waals surface area (Å²) in [5.74, 6) is -1.06. The van der Waals surface area contributed by atoms with E-state index < -0.39 is 16.0 Å². The number of likely N-dealkylation sites (N-methyl/N-ethyl adjacent to an activating group) is 1. The van der Waals surface area contributed by atoms with Crippen LogP contribution in [-0.2, 0) is 19.6 Å². The van der Waals surface area contributed by atoms with Gasteiger partial charge in [0.1, 0.15) is 0 Å². The predicted octanol–water partition coefficient (Wildman–Crippen LogP) is 1.44. The first-order chi connectivity index (χ1) is 9.78. The second-order valence-electron chi connectivity index (χ2n) is 4.57. The molecule has 0 aliphatic carbocycles. The van der Waals surface area contributed by atoms with Crippen molar-refractivity contribution in [2.24, 2.45) is 0 Å². The fourth-order valence-electron chi connectivity index (χ4n) is 1.67. The minimum atomic E-state index is -3.60. The van der Waals surface area contributed by atoms with Gasteiger partial charge in [0, 0.05) is 26.3 Å². The van der Waals surface area contributed by atoms with Crippen LogP contribution in [0.15, 0.2) is 35.2 Å². The van der Waals surface area contributed by atoms with Gasteiger partial charge in [-0.3, -0.25) is 0 Å². The standard InChI is InChI=1S/C14H19NO5S/c1-11(10-20-3)15(2)21(18,19)13-7-4-12(5-8-13)6-9-14(16)17/h4-9,11H,10H2,1-3H3,(H,16,17)/b9-6+. The number of rotatable bonds is 7. The van der Waals surface area contributed by atoms with Gasteiger partial charge in [0.15, 0.2) is 0 Å². The maximum atomic E-state index is 12.4. The molecule has 7 heteroatoms. The number of carbonyl (C=O) groups is 1. The zero-order chi connectivity index (χ0) is 16.0. The summed E-state index contributed by atoms with van der Waals surface area (Å²) in [4.78, 5) is 10.6. The van der Waals surface area contributed by atoms with Crippen molar-refractivity contribution < 1.29 is 23.1 Å². The number of methoxy groups -OCH3 is 1. The molecule has 0 fully saturated rings. The molecular formula is C14H19NO5S. The monoisotopic (exact) mass is 313 g/mol. The summed E-state index contributed by atoms with van der Waals surface area (Å²) in [6.45, 7) is 2.06. The fourth-order valence-corrected chi connectivity index (χ4v) is 3.01. The molecular weight excluding hydrogens is 294 g/mol. The SMILES string of the molecule is COCC(C)N(C)S(=O)(=O)c1ccc(/C=C/C(=O)O)cc1. The number of aliphatic carboxylic acids is 1. The molecule has 1 atom stereocenters. The minimum absolute atomic E-state index is 0.153. The van der Waals surface area contributed by atoms with E-state index in [0.29, 0.717) is 12.2 Å². The molecule has 0 aliphatic rings. The van der Waals surface area contributed by atoms with Crippen LogP contribution in [0.5, 0.6) is 0 Å². The molecule has 0 saturated heterocycles. The van der Waals surface area contributed by atoms with Gasteiger partial charge in [-0.1, -0.05) is 12.1 Å². The highest BCUT2D eigenvalue weighted by molar-refractivity contribution is 7.89. The molecule has 0 spiro atoms. The number of hydrogen-bond donors (Lipinski definition) is 1. The van der Waals surface area contributed by atoms with Crippen molar-refractivity contribution in [3.63, 3.8) is 0 Å². The zero-order valence-corrected chi connectivity index (χ0v) is 13.0. The smallest absolute Gasteiger partial charge is 0.328 e. The zero-order valence-electron chi connectivity index (χ0n) is 12.2. The fraction of sp³-hybridized carbons (Fsp3) is 0.357. The summed E-state index contributed by atoms with van der Waals surface area (Å²) in [5.41, 5.74) is 0.615. The van der Waals surface area contributed by atoms with Gasteiger partial charge in [-0.15, -0.1) is 0 Å². The Hall–Kier alpha value is -1.70. The first kappa shape index (κ1) is 17.4. The topological polar surface area (TPSA) is 83.9 Å². The Labute approximate surface area is 124 Å². The lowest BCUT2D eigenvalue weighted by atomic mass is 10.2. The van der Waals surface area contributed by atoms with E-state index in [4.69, 9.17) is 9.84 Å². The average Bonchev–Trinajstić information content (AvgIpc) is 2.45. The third kappa shape index (κ3) is 4.66. The van der Waals surface area contributed by atoms with E-state index in [0.717, 1.165) is 6.08 Å². The van der Waals surface area contributed by atoms with Crippen molar-refractivity contribution >= 4 is 22.1 Å². The van der Waals surface area contributed by atoms with Crippen LogP contribution in [0.3, 0.4) is 0 Å². The summed E-state index contributed by atoms with van der Waals surface area (Å²) in [5, 5.41) is 8.54. The molecule has 0 aromatic heterocycles. The minimum Gasteiger partial charge on any atom is -0.478 e. The van der Waals surface area contributed by atoms with E-state index in [1.807, 2.05) is 0 Å². The second kappa shape index (κ2) is 7.35. The molecule has 0 saturated carbocycles. The van der Waals surface area contributed by atoms with Crippen molar-refractivity contribution in [2.45, 2.75) is 17.9 Å². The van der Waals surface area contributed by atoms with Crippen molar-refractivity contribution in [1.29, 1.82) is 0 Å². The highest BCUT2D eigenvalue weighted by Gasteiger charge is 2.25. The Morgan fingerprint density at radius 3 is 2.43 bits per heavy atom. The molecule has 0 radical (unpaired) electrons. The van der Waals surface area contributed by atoms with Crippen LogP contribution in [0.25, 0.3) is 6.08 Å². The third-order valence-electron chi connectivity index (χ3n) is 3.00. The number of hydrogen-bond acceptors (Lipinski definition) is 4. The predicted molar refractivity (Wildman–Crippen MR) is 79.4 cm³/mol. The molecule has 1 rings (SSSR count). The van der Waals surface area contributed by atoms with Crippen molar-refractivity contribution in [1.82, 2.24) is 4.31 Å². The first-order valence-corrected chi connectivity index (χ1v) is 7.71. The van der Waals surface area contributed by atoms with Crippen LogP contribution in [-0.4, -0.2) is 50.6 Å². The molecule has 1 aromatic rings. The van der Waals surface area contributed by atoms with Crippen LogP contribution in [0.2, 0.25) is 0 Å². The normalized spacial score (nSPS) is 13.7. The Morgan fingerprint density at radius 2 is 1.95 bits per heavy atom. The van der Waals surface area contributed by atoms with Gasteiger partial charge in [-0.25, -0.2) is 13.2 Å². The average molecular weight is 313 g/mol. The van der Waals surface area contributed by atoms with E-state index in [1.165, 1.54) is 36.7 Å². The van der Waals surface area contributed by atoms with Crippen molar-refractivity contribution in [3.8, 4) is 0 Å². The van der Waals surface area contributed by atoms with E-state index in [9.17, 15) is 13.2 Å². The van der Waals surface area contributed by atoms with E-state index >= 15 is 0 Å². The number of benzene rings is 1. The van der Waals surface area contributed by atoms with Gasteiger partial charge in [-0.2, -0.15) is 4.31 Å². The van der Waals surface area contributed by atoms with Crippen LogP contribution in [0.4, 0.5) is 0 Å². The molecule has 1 N–H and O–H groups in total. The summed E-state index contributed by atoms with van der Waals surface area (Å²) in [6.07, 6.45) is 2.40. The summed E-state index contributed by atoms with van der Waals surface area (Å²) in [6, 6.07) is 5.73. The molecule has 0 bridgehead atoms. The first-order valence-electron chi connectivity index (χ1n) is 6.27. The molecule has 6 nitrogen and oxygen atoms in total. The highest BCUT2D eigenvalue weighted by atomic mass is 32.2. The van der Waals surface area contributed by atoms with Gasteiger partial charge in [0.2, 0.25) is 10.0 Å². The van der Waals surface area contributed by atoms with Gasteiger partial charge < -0.3 is 9.84 Å². The van der Waals surface area contributed by atoms with Crippen molar-refractivity contribution in [2.75, 3.05) is 20.8 Å². The number of carboxylic acid groups (broad SMARTS) is 1. The number of sulfonamides is 1. The van der Waals surface area contributed by atoms with E-state index in [1.54, 1.807) is 19.1 Å². The molecule has 1 aromatic carbocycles. The van der Waals surface area contributed by atoms with Gasteiger partial charge >= 0.3 is 5.97 Å². The molecule has 0 amide bonds. The maximum absolute atomic E-state index is 12.4. The van der Waals surface area contributed by atoms with E-state index in [-0.39, 0.29) is 10.9 Å². The number of carboxylic acids is 1. The van der Waals surface area contributed by atoms with Crippen molar-refractivity contribution in [3.05, 3.63) is 35.9 Å². The Morgan fingerprint density at radius 1 is 1.38 bits per heavy atom. The van der Waals surface area contributed by atoms with Crippen LogP contribution in [0, 0.1) is 0 Å². The van der Waals surface area contributed by atoms with Gasteiger partial charge in [0.25, 0.3) is 0 Å². The van der Waals surface area contributed by atoms with Crippen LogP contribution >= 0.6 is 0 Å². The Balaban J connectivity index is 2.97. The lowest BCUT2D eigenvalue weighted by molar-refractivity contribution is -0.131. The number of ether oxygens (including phenoxy) is 1. The number of nitrogens with zero attached hydrogens (tertiary/aromatic N) is 1. The molecule has 1 unspecified atom stereocenters. The Bertz CT molecular complexity index is 607. The third-order valence-corrected chi connectivity index (χ3v) is 4.99. The summed E-state index contributed by atoms with van der Waals surface area (Å²) in [7, 11) is -0.584. The largest absolute Gasteiger partial charge is 0.478 e. The van der Waals surface area contributed by atoms with E-state index in [2.05, 4.69) is 0 Å². The second-order valence-corrected chi connectivity index (χ2v) is 6.56. The molecule has 116 valence electrons. The quantitative estimate of drug-likeness (QED) is 0.770. The Kier molecular flexibility index (Phi) is 6.07.